The van der Waals surface area contributed by atoms with Crippen LogP contribution in [0.1, 0.15) is 0 Å². The molecule has 25 heavy (non-hydrogen) atoms. The van der Waals surface area contributed by atoms with Gasteiger partial charge < -0.3 is 0 Å². The van der Waals surface area contributed by atoms with E-state index in [2.05, 4.69) is 0 Å². The standard InChI is InChI=1S/C10H6N2O10S2.Na/c13-11(14)9-7-2-1-6(23(17,18)19)3-5(7)4-8(24(20,21)22)10(9)12(15)16;/h1-4H,(H,17,18,19)(H,20,21,22);/q;+1. The molecule has 12 nitrogen and oxygen atoms in total. The van der Waals surface area contributed by atoms with Crippen molar-refractivity contribution in [3.05, 3.63) is 44.5 Å². The van der Waals surface area contributed by atoms with Gasteiger partial charge in [-0.25, -0.2) is 0 Å². The third-order valence-corrected chi connectivity index (χ3v) is 4.68. The van der Waals surface area contributed by atoms with Crippen LogP contribution >= 0.6 is 0 Å². The molecule has 0 aromatic heterocycles. The van der Waals surface area contributed by atoms with E-state index in [0.29, 0.717) is 12.1 Å². The molecule has 0 unspecified atom stereocenters. The molecule has 0 aliphatic rings. The fourth-order valence-corrected chi connectivity index (χ4v) is 3.26. The molecule has 2 aromatic rings. The zero-order valence-electron chi connectivity index (χ0n) is 12.2. The molecule has 0 atom stereocenters. The van der Waals surface area contributed by atoms with Crippen LogP contribution in [0.3, 0.4) is 0 Å². The molecule has 0 saturated heterocycles. The Hall–Kier alpha value is -1.68. The van der Waals surface area contributed by atoms with Crippen molar-refractivity contribution in [1.82, 2.24) is 0 Å². The van der Waals surface area contributed by atoms with Gasteiger partial charge in [0, 0.05) is 0 Å². The number of hydrogen-bond acceptors (Lipinski definition) is 8. The van der Waals surface area contributed by atoms with Crippen molar-refractivity contribution in [1.29, 1.82) is 0 Å². The maximum atomic E-state index is 11.3. The first-order valence-electron chi connectivity index (χ1n) is 5.68. The maximum absolute atomic E-state index is 11.3. The number of nitrogens with zero attached hydrogens (tertiary/aromatic N) is 2. The van der Waals surface area contributed by atoms with Gasteiger partial charge in [-0.3, -0.25) is 29.3 Å². The van der Waals surface area contributed by atoms with Crippen LogP contribution in [0.5, 0.6) is 0 Å². The minimum Gasteiger partial charge on any atom is -0.282 e. The molecule has 15 heteroatoms. The molecule has 0 heterocycles. The summed E-state index contributed by atoms with van der Waals surface area (Å²) >= 11 is 0. The first-order valence-corrected chi connectivity index (χ1v) is 8.56. The average Bonchev–Trinajstić information content (AvgIpc) is 2.42. The van der Waals surface area contributed by atoms with E-state index < -0.39 is 62.0 Å². The van der Waals surface area contributed by atoms with Crippen molar-refractivity contribution in [2.24, 2.45) is 0 Å². The fourth-order valence-electron chi connectivity index (χ4n) is 2.05. The summed E-state index contributed by atoms with van der Waals surface area (Å²) in [4.78, 5) is 17.5. The summed E-state index contributed by atoms with van der Waals surface area (Å²) in [6.07, 6.45) is 0. The zero-order chi connectivity index (χ0) is 18.4. The Labute approximate surface area is 161 Å². The molecule has 0 spiro atoms. The first-order chi connectivity index (χ1) is 10.8. The van der Waals surface area contributed by atoms with Gasteiger partial charge in [0.2, 0.25) is 0 Å². The predicted octanol–water partition coefficient (Wildman–Crippen LogP) is -1.85. The van der Waals surface area contributed by atoms with Crippen molar-refractivity contribution in [3.63, 3.8) is 0 Å². The SMILES string of the molecule is O=[N+]([O-])c1c(S(=O)(=O)O)cc2cc(S(=O)(=O)O)ccc2c1[N+](=O)[O-].[Na+]. The van der Waals surface area contributed by atoms with Crippen LogP contribution in [0, 0.1) is 20.2 Å². The van der Waals surface area contributed by atoms with Crippen LogP contribution in [0.4, 0.5) is 11.4 Å². The quantitative estimate of drug-likeness (QED) is 0.254. The number of rotatable bonds is 4. The van der Waals surface area contributed by atoms with Gasteiger partial charge >= 0.3 is 51.1 Å². The van der Waals surface area contributed by atoms with Crippen molar-refractivity contribution in [3.8, 4) is 0 Å². The first kappa shape index (κ1) is 21.4. The van der Waals surface area contributed by atoms with Crippen LogP contribution in [0.2, 0.25) is 0 Å². The van der Waals surface area contributed by atoms with Gasteiger partial charge in [-0.2, -0.15) is 16.8 Å². The summed E-state index contributed by atoms with van der Waals surface area (Å²) in [7, 11) is -9.95. The molecule has 0 aliphatic heterocycles. The molecule has 2 N–H and O–H groups in total. The maximum Gasteiger partial charge on any atom is 1.00 e. The van der Waals surface area contributed by atoms with Crippen molar-refractivity contribution in [2.45, 2.75) is 9.79 Å². The van der Waals surface area contributed by atoms with Gasteiger partial charge in [0.1, 0.15) is 0 Å². The molecule has 0 aliphatic carbocycles. The number of benzene rings is 2. The molecule has 0 bridgehead atoms. The monoisotopic (exact) mass is 401 g/mol. The Bertz CT molecular complexity index is 1110. The normalized spacial score (nSPS) is 11.8. The molecule has 0 fully saturated rings. The Kier molecular flexibility index (Phi) is 5.90. The number of nitro benzene ring substituents is 2. The van der Waals surface area contributed by atoms with Crippen LogP contribution in [-0.2, 0) is 20.2 Å². The second-order valence-corrected chi connectivity index (χ2v) is 7.23. The predicted molar refractivity (Wildman–Crippen MR) is 76.9 cm³/mol. The summed E-state index contributed by atoms with van der Waals surface area (Å²) in [5.41, 5.74) is -2.71. The second kappa shape index (κ2) is 6.91. The summed E-state index contributed by atoms with van der Waals surface area (Å²) in [6, 6.07) is 2.74. The topological polar surface area (TPSA) is 195 Å². The van der Waals surface area contributed by atoms with Crippen LogP contribution in [0.15, 0.2) is 34.1 Å². The van der Waals surface area contributed by atoms with Crippen molar-refractivity contribution in [2.75, 3.05) is 0 Å². The molecule has 2 aromatic carbocycles. The van der Waals surface area contributed by atoms with Gasteiger partial charge in [0.25, 0.3) is 10.1 Å². The Morgan fingerprint density at radius 1 is 0.840 bits per heavy atom. The Balaban J connectivity index is 0.00000312. The Morgan fingerprint density at radius 3 is 1.76 bits per heavy atom. The van der Waals surface area contributed by atoms with Gasteiger partial charge in [-0.15, -0.1) is 0 Å². The van der Waals surface area contributed by atoms with Crippen molar-refractivity contribution >= 4 is 42.4 Å². The minimum atomic E-state index is -5.23. The van der Waals surface area contributed by atoms with E-state index in [9.17, 15) is 37.1 Å². The number of hydrogen-bond donors (Lipinski definition) is 2. The van der Waals surface area contributed by atoms with Crippen LogP contribution in [-0.4, -0.2) is 35.8 Å². The summed E-state index contributed by atoms with van der Waals surface area (Å²) < 4.78 is 62.9. The molecule has 0 radical (unpaired) electrons. The number of fused-ring (bicyclic) bond motifs is 1. The van der Waals surface area contributed by atoms with E-state index in [1.165, 1.54) is 0 Å². The third-order valence-electron chi connectivity index (χ3n) is 2.96. The van der Waals surface area contributed by atoms with Gasteiger partial charge in [-0.05, 0) is 29.7 Å². The van der Waals surface area contributed by atoms with E-state index in [1.807, 2.05) is 0 Å². The largest absolute Gasteiger partial charge is 1.00 e. The van der Waals surface area contributed by atoms with Crippen molar-refractivity contribution < 1.29 is 65.3 Å². The molecule has 128 valence electrons. The summed E-state index contributed by atoms with van der Waals surface area (Å²) in [6.45, 7) is 0. The minimum absolute atomic E-state index is 0. The molecular weight excluding hydrogens is 395 g/mol. The third kappa shape index (κ3) is 4.12. The van der Waals surface area contributed by atoms with Gasteiger partial charge in [0.15, 0.2) is 4.90 Å². The van der Waals surface area contributed by atoms with E-state index in [0.717, 1.165) is 12.1 Å². The number of nitro groups is 2. The fraction of sp³-hybridized carbons (Fsp3) is 0. The average molecular weight is 401 g/mol. The van der Waals surface area contributed by atoms with E-state index in [1.54, 1.807) is 0 Å². The van der Waals surface area contributed by atoms with Crippen LogP contribution < -0.4 is 29.6 Å². The molecule has 2 rings (SSSR count). The molecular formula is C10H6N2NaO10S2+. The van der Waals surface area contributed by atoms with Crippen LogP contribution in [0.25, 0.3) is 10.8 Å². The zero-order valence-corrected chi connectivity index (χ0v) is 15.8. The molecule has 0 amide bonds. The summed E-state index contributed by atoms with van der Waals surface area (Å²) in [5.74, 6) is 0. The van der Waals surface area contributed by atoms with Gasteiger partial charge in [0.05, 0.1) is 20.1 Å². The van der Waals surface area contributed by atoms with E-state index in [4.69, 9.17) is 9.11 Å². The smallest absolute Gasteiger partial charge is 0.282 e. The van der Waals surface area contributed by atoms with E-state index >= 15 is 0 Å². The summed E-state index contributed by atoms with van der Waals surface area (Å²) in [5, 5.41) is 21.3. The van der Waals surface area contributed by atoms with E-state index in [-0.39, 0.29) is 29.6 Å². The molecule has 0 saturated carbocycles. The van der Waals surface area contributed by atoms with Gasteiger partial charge in [-0.1, -0.05) is 0 Å². The second-order valence-electron chi connectivity index (χ2n) is 4.42. The Morgan fingerprint density at radius 2 is 1.36 bits per heavy atom.